The summed E-state index contributed by atoms with van der Waals surface area (Å²) < 4.78 is 1.28. The lowest BCUT2D eigenvalue weighted by atomic mass is 10.1. The van der Waals surface area contributed by atoms with Crippen molar-refractivity contribution in [1.82, 2.24) is 0 Å². The van der Waals surface area contributed by atoms with Crippen LogP contribution in [0.2, 0.25) is 0 Å². The van der Waals surface area contributed by atoms with Crippen LogP contribution in [0, 0.1) is 9.49 Å². The van der Waals surface area contributed by atoms with Crippen LogP contribution in [0.5, 0.6) is 0 Å². The van der Waals surface area contributed by atoms with Crippen molar-refractivity contribution in [3.63, 3.8) is 0 Å². The predicted octanol–water partition coefficient (Wildman–Crippen LogP) is 3.04. The van der Waals surface area contributed by atoms with Gasteiger partial charge in [0.2, 0.25) is 0 Å². The minimum Gasteiger partial charge on any atom is -0.327 e. The van der Waals surface area contributed by atoms with Crippen molar-refractivity contribution in [3.05, 3.63) is 39.0 Å². The maximum absolute atomic E-state index is 5.80. The van der Waals surface area contributed by atoms with Crippen LogP contribution in [0.3, 0.4) is 0 Å². The van der Waals surface area contributed by atoms with E-state index in [-0.39, 0.29) is 0 Å². The molecule has 0 aromatic heterocycles. The average molecular weight is 299 g/mol. The molecule has 0 unspecified atom stereocenters. The third-order valence-electron chi connectivity index (χ3n) is 2.69. The average Bonchev–Trinajstić information content (AvgIpc) is 2.87. The van der Waals surface area contributed by atoms with E-state index in [2.05, 4.69) is 59.9 Å². The Morgan fingerprint density at radius 3 is 2.50 bits per heavy atom. The Bertz CT molecular complexity index is 353. The highest BCUT2D eigenvalue weighted by Crippen LogP contribution is 2.35. The predicted molar refractivity (Wildman–Crippen MR) is 68.9 cm³/mol. The van der Waals surface area contributed by atoms with E-state index in [4.69, 9.17) is 5.73 Å². The molecule has 0 saturated heterocycles. The van der Waals surface area contributed by atoms with Gasteiger partial charge >= 0.3 is 0 Å². The molecule has 0 radical (unpaired) electrons. The van der Waals surface area contributed by atoms with Gasteiger partial charge in [-0.2, -0.15) is 0 Å². The lowest BCUT2D eigenvalue weighted by Crippen LogP contribution is -2.02. The number of nitrogens with two attached hydrogens (primary N) is 1. The summed E-state index contributed by atoms with van der Waals surface area (Å²) in [5, 5.41) is 0. The van der Waals surface area contributed by atoms with E-state index in [1.807, 2.05) is 0 Å². The highest BCUT2D eigenvalue weighted by atomic mass is 127. The Morgan fingerprint density at radius 1 is 1.43 bits per heavy atom. The lowest BCUT2D eigenvalue weighted by molar-refractivity contribution is 0.924. The fourth-order valence-electron chi connectivity index (χ4n) is 1.67. The highest BCUT2D eigenvalue weighted by Gasteiger charge is 2.34. The smallest absolute Gasteiger partial charge is 0.0130 e. The number of hydrogen-bond acceptors (Lipinski definition) is 1. The maximum Gasteiger partial charge on any atom is 0.0130 e. The van der Waals surface area contributed by atoms with E-state index in [9.17, 15) is 0 Å². The van der Waals surface area contributed by atoms with Gasteiger partial charge in [0.15, 0.2) is 0 Å². The Labute approximate surface area is 98.5 Å². The summed E-state index contributed by atoms with van der Waals surface area (Å²) in [4.78, 5) is 0. The summed E-state index contributed by atoms with van der Waals surface area (Å²) >= 11 is 2.32. The van der Waals surface area contributed by atoms with Crippen molar-refractivity contribution in [2.75, 3.05) is 0 Å². The van der Waals surface area contributed by atoms with Crippen LogP contribution in [0.1, 0.15) is 18.9 Å². The van der Waals surface area contributed by atoms with Gasteiger partial charge in [-0.25, -0.2) is 0 Å². The minimum absolute atomic E-state index is 0.412. The van der Waals surface area contributed by atoms with Crippen molar-refractivity contribution in [2.24, 2.45) is 11.7 Å². The molecule has 2 atom stereocenters. The molecule has 74 valence electrons. The molecule has 0 aliphatic heterocycles. The molecule has 0 bridgehead atoms. The Kier molecular flexibility index (Phi) is 2.93. The molecule has 1 aromatic rings. The molecule has 14 heavy (non-hydrogen) atoms. The fourth-order valence-corrected chi connectivity index (χ4v) is 2.03. The largest absolute Gasteiger partial charge is 0.327 e. The molecular weight excluding hydrogens is 285 g/mol. The summed E-state index contributed by atoms with van der Waals surface area (Å²) in [5.74, 6) is 0.634. The zero-order valence-electron chi connectivity index (χ0n) is 8.20. The molecule has 0 spiro atoms. The summed E-state index contributed by atoms with van der Waals surface area (Å²) in [6.07, 6.45) is 3.40. The van der Waals surface area contributed by atoms with Gasteiger partial charge < -0.3 is 5.73 Å². The van der Waals surface area contributed by atoms with Crippen LogP contribution in [0.25, 0.3) is 6.08 Å². The first-order chi connectivity index (χ1) is 6.66. The minimum atomic E-state index is 0.412. The van der Waals surface area contributed by atoms with Gasteiger partial charge in [-0.3, -0.25) is 0 Å². The molecular formula is C12H14IN. The second kappa shape index (κ2) is 4.03. The summed E-state index contributed by atoms with van der Waals surface area (Å²) in [7, 11) is 0. The second-order valence-electron chi connectivity index (χ2n) is 3.95. The monoisotopic (exact) mass is 299 g/mol. The molecule has 0 heterocycles. The van der Waals surface area contributed by atoms with E-state index in [0.29, 0.717) is 12.0 Å². The van der Waals surface area contributed by atoms with Crippen molar-refractivity contribution in [1.29, 1.82) is 0 Å². The number of hydrogen-bond donors (Lipinski definition) is 1. The van der Waals surface area contributed by atoms with Crippen molar-refractivity contribution < 1.29 is 0 Å². The van der Waals surface area contributed by atoms with E-state index >= 15 is 0 Å². The van der Waals surface area contributed by atoms with Gasteiger partial charge in [0.1, 0.15) is 0 Å². The molecule has 1 nitrogen and oxygen atoms in total. The Morgan fingerprint density at radius 2 is 2.00 bits per heavy atom. The Balaban J connectivity index is 2.12. The molecule has 2 N–H and O–H groups in total. The first-order valence-corrected chi connectivity index (χ1v) is 5.94. The molecule has 1 aliphatic rings. The van der Waals surface area contributed by atoms with Gasteiger partial charge in [-0.15, -0.1) is 0 Å². The zero-order valence-corrected chi connectivity index (χ0v) is 10.4. The van der Waals surface area contributed by atoms with Crippen molar-refractivity contribution in [3.8, 4) is 0 Å². The first-order valence-electron chi connectivity index (χ1n) is 4.86. The molecule has 2 heteroatoms. The van der Waals surface area contributed by atoms with E-state index in [0.717, 1.165) is 6.42 Å². The molecule has 2 rings (SSSR count). The van der Waals surface area contributed by atoms with Crippen LogP contribution in [0.15, 0.2) is 29.8 Å². The number of benzene rings is 1. The third-order valence-corrected chi connectivity index (χ3v) is 3.41. The Hall–Kier alpha value is -0.350. The van der Waals surface area contributed by atoms with Crippen LogP contribution in [-0.2, 0) is 0 Å². The summed E-state index contributed by atoms with van der Waals surface area (Å²) in [6, 6.07) is 8.98. The van der Waals surface area contributed by atoms with Crippen LogP contribution in [0.4, 0.5) is 0 Å². The second-order valence-corrected chi connectivity index (χ2v) is 5.19. The lowest BCUT2D eigenvalue weighted by Gasteiger charge is -1.99. The topological polar surface area (TPSA) is 26.0 Å². The standard InChI is InChI=1S/C12H14IN/c1-8(11-7-12(11)14)6-9-2-4-10(13)5-3-9/h2-6,11-12H,7,14H2,1H3/b8-6+/t11-,12+/m0/s1. The molecule has 1 aromatic carbocycles. The molecule has 0 amide bonds. The SMILES string of the molecule is C/C(=C\c1ccc(I)cc1)[C@@H]1C[C@H]1N. The molecule has 1 fully saturated rings. The van der Waals surface area contributed by atoms with Gasteiger partial charge in [0.05, 0.1) is 0 Å². The van der Waals surface area contributed by atoms with Gasteiger partial charge in [0, 0.05) is 9.61 Å². The van der Waals surface area contributed by atoms with Crippen LogP contribution in [-0.4, -0.2) is 6.04 Å². The summed E-state index contributed by atoms with van der Waals surface area (Å²) in [5.41, 5.74) is 8.50. The quantitative estimate of drug-likeness (QED) is 0.835. The number of halogens is 1. The maximum atomic E-state index is 5.80. The third kappa shape index (κ3) is 2.36. The van der Waals surface area contributed by atoms with Gasteiger partial charge in [-0.1, -0.05) is 23.8 Å². The molecule has 1 saturated carbocycles. The van der Waals surface area contributed by atoms with Gasteiger partial charge in [0.25, 0.3) is 0 Å². The van der Waals surface area contributed by atoms with E-state index in [1.165, 1.54) is 14.7 Å². The summed E-state index contributed by atoms with van der Waals surface area (Å²) in [6.45, 7) is 2.18. The van der Waals surface area contributed by atoms with Crippen LogP contribution < -0.4 is 5.73 Å². The van der Waals surface area contributed by atoms with Crippen molar-refractivity contribution >= 4 is 28.7 Å². The highest BCUT2D eigenvalue weighted by molar-refractivity contribution is 14.1. The van der Waals surface area contributed by atoms with Gasteiger partial charge in [-0.05, 0) is 59.5 Å². The van der Waals surface area contributed by atoms with Crippen LogP contribution >= 0.6 is 22.6 Å². The van der Waals surface area contributed by atoms with Crippen molar-refractivity contribution in [2.45, 2.75) is 19.4 Å². The fraction of sp³-hybridized carbons (Fsp3) is 0.333. The first kappa shape index (κ1) is 10.2. The normalized spacial score (nSPS) is 26.4. The van der Waals surface area contributed by atoms with E-state index in [1.54, 1.807) is 0 Å². The van der Waals surface area contributed by atoms with E-state index < -0.39 is 0 Å². The molecule has 1 aliphatic carbocycles. The zero-order chi connectivity index (χ0) is 10.1. The number of rotatable bonds is 2.